The van der Waals surface area contributed by atoms with Crippen LogP contribution in [0.15, 0.2) is 11.6 Å². The molecule has 0 saturated carbocycles. The Morgan fingerprint density at radius 3 is 2.73 bits per heavy atom. The van der Waals surface area contributed by atoms with Gasteiger partial charge in [-0.25, -0.2) is 0 Å². The van der Waals surface area contributed by atoms with E-state index in [1.807, 2.05) is 6.08 Å². The van der Waals surface area contributed by atoms with Gasteiger partial charge in [-0.15, -0.1) is 0 Å². The van der Waals surface area contributed by atoms with E-state index in [1.165, 1.54) is 5.54 Å². The number of rotatable bonds is 6. The fourth-order valence-corrected chi connectivity index (χ4v) is 1.04. The molecule has 1 atom stereocenters. The summed E-state index contributed by atoms with van der Waals surface area (Å²) in [5.74, 6) is 0.171. The van der Waals surface area contributed by atoms with Gasteiger partial charge < -0.3 is 4.79 Å². The Bertz CT molecular complexity index is 121. The zero-order valence-corrected chi connectivity index (χ0v) is 7.68. The lowest BCUT2D eigenvalue weighted by atomic mass is 10.0. The maximum atomic E-state index is 10.4. The molecular weight excluding hydrogens is 160 g/mol. The standard InChI is InChI=1S/C9H15ClO/c1-2-3-5-9(8-11)6-4-7-10/h4,7-9H,2-3,5-6H2,1H3. The van der Waals surface area contributed by atoms with Crippen molar-refractivity contribution in [2.24, 2.45) is 5.92 Å². The van der Waals surface area contributed by atoms with Crippen LogP contribution in [0.5, 0.6) is 0 Å². The predicted molar refractivity (Wildman–Crippen MR) is 48.7 cm³/mol. The van der Waals surface area contributed by atoms with Crippen LogP contribution in [0.3, 0.4) is 0 Å². The number of carbonyl (C=O) groups excluding carboxylic acids is 1. The molecule has 1 nitrogen and oxygen atoms in total. The predicted octanol–water partition coefficient (Wildman–Crippen LogP) is 3.13. The molecule has 0 aliphatic heterocycles. The van der Waals surface area contributed by atoms with Crippen molar-refractivity contribution in [3.8, 4) is 0 Å². The van der Waals surface area contributed by atoms with Crippen LogP contribution in [0.25, 0.3) is 0 Å². The molecule has 0 rings (SSSR count). The first-order valence-corrected chi connectivity index (χ1v) is 4.49. The Morgan fingerprint density at radius 1 is 1.55 bits per heavy atom. The van der Waals surface area contributed by atoms with E-state index in [4.69, 9.17) is 11.6 Å². The van der Waals surface area contributed by atoms with E-state index in [1.54, 1.807) is 0 Å². The summed E-state index contributed by atoms with van der Waals surface area (Å²) in [6.07, 6.45) is 6.89. The van der Waals surface area contributed by atoms with E-state index in [-0.39, 0.29) is 5.92 Å². The molecule has 0 aromatic rings. The van der Waals surface area contributed by atoms with Crippen molar-refractivity contribution in [2.45, 2.75) is 32.6 Å². The highest BCUT2D eigenvalue weighted by molar-refractivity contribution is 6.25. The molecule has 0 amide bonds. The molecule has 0 aromatic heterocycles. The minimum absolute atomic E-state index is 0.171. The van der Waals surface area contributed by atoms with Gasteiger partial charge in [0.1, 0.15) is 6.29 Å². The maximum absolute atomic E-state index is 10.4. The first-order chi connectivity index (χ1) is 5.35. The molecule has 0 fully saturated rings. The first-order valence-electron chi connectivity index (χ1n) is 4.05. The number of aldehydes is 1. The van der Waals surface area contributed by atoms with E-state index in [2.05, 4.69) is 6.92 Å². The van der Waals surface area contributed by atoms with Crippen LogP contribution in [-0.2, 0) is 4.79 Å². The quantitative estimate of drug-likeness (QED) is 0.566. The van der Waals surface area contributed by atoms with Crippen molar-refractivity contribution in [3.05, 3.63) is 11.6 Å². The van der Waals surface area contributed by atoms with Gasteiger partial charge in [-0.1, -0.05) is 37.4 Å². The lowest BCUT2D eigenvalue weighted by Gasteiger charge is -2.04. The Balaban J connectivity index is 3.48. The van der Waals surface area contributed by atoms with Crippen molar-refractivity contribution < 1.29 is 4.79 Å². The van der Waals surface area contributed by atoms with Crippen LogP contribution in [0.2, 0.25) is 0 Å². The Morgan fingerprint density at radius 2 is 2.27 bits per heavy atom. The summed E-state index contributed by atoms with van der Waals surface area (Å²) in [4.78, 5) is 10.4. The SMILES string of the molecule is CCCCC(C=O)CC=CCl. The smallest absolute Gasteiger partial charge is 0.123 e. The average Bonchev–Trinajstić information content (AvgIpc) is 2.05. The van der Waals surface area contributed by atoms with Crippen LogP contribution in [0, 0.1) is 5.92 Å². The van der Waals surface area contributed by atoms with Gasteiger partial charge in [-0.3, -0.25) is 0 Å². The van der Waals surface area contributed by atoms with Crippen LogP contribution >= 0.6 is 11.6 Å². The molecule has 0 bridgehead atoms. The largest absolute Gasteiger partial charge is 0.303 e. The molecule has 1 unspecified atom stereocenters. The highest BCUT2D eigenvalue weighted by atomic mass is 35.5. The molecule has 2 heteroatoms. The summed E-state index contributed by atoms with van der Waals surface area (Å²) in [6.45, 7) is 2.12. The summed E-state index contributed by atoms with van der Waals surface area (Å²) in [6, 6.07) is 0. The second-order valence-electron chi connectivity index (χ2n) is 2.64. The van der Waals surface area contributed by atoms with E-state index < -0.39 is 0 Å². The molecule has 11 heavy (non-hydrogen) atoms. The summed E-state index contributed by atoms with van der Waals surface area (Å²) >= 11 is 5.34. The molecule has 0 N–H and O–H groups in total. The van der Waals surface area contributed by atoms with Gasteiger partial charge in [-0.2, -0.15) is 0 Å². The molecule has 0 aliphatic rings. The van der Waals surface area contributed by atoms with Gasteiger partial charge in [-0.05, 0) is 12.8 Å². The number of halogens is 1. The number of carbonyl (C=O) groups is 1. The normalized spacial score (nSPS) is 13.6. The second-order valence-corrected chi connectivity index (χ2v) is 2.89. The van der Waals surface area contributed by atoms with Crippen LogP contribution in [-0.4, -0.2) is 6.29 Å². The fraction of sp³-hybridized carbons (Fsp3) is 0.667. The lowest BCUT2D eigenvalue weighted by molar-refractivity contribution is -0.111. The highest BCUT2D eigenvalue weighted by Crippen LogP contribution is 2.10. The second kappa shape index (κ2) is 7.80. The van der Waals surface area contributed by atoms with E-state index in [0.717, 1.165) is 32.0 Å². The van der Waals surface area contributed by atoms with Gasteiger partial charge in [0, 0.05) is 11.5 Å². The molecule has 0 radical (unpaired) electrons. The summed E-state index contributed by atoms with van der Waals surface area (Å²) < 4.78 is 0. The van der Waals surface area contributed by atoms with Crippen LogP contribution in [0.1, 0.15) is 32.6 Å². The van der Waals surface area contributed by atoms with E-state index in [9.17, 15) is 4.79 Å². The molecule has 64 valence electrons. The summed E-state index contributed by atoms with van der Waals surface area (Å²) in [5, 5.41) is 0. The van der Waals surface area contributed by atoms with Crippen molar-refractivity contribution in [1.29, 1.82) is 0 Å². The lowest BCUT2D eigenvalue weighted by Crippen LogP contribution is -1.99. The van der Waals surface area contributed by atoms with Gasteiger partial charge in [0.2, 0.25) is 0 Å². The zero-order valence-electron chi connectivity index (χ0n) is 6.92. The van der Waals surface area contributed by atoms with Gasteiger partial charge in [0.15, 0.2) is 0 Å². The molecule has 0 spiro atoms. The van der Waals surface area contributed by atoms with Crippen LogP contribution in [0.4, 0.5) is 0 Å². The van der Waals surface area contributed by atoms with Gasteiger partial charge >= 0.3 is 0 Å². The summed E-state index contributed by atoms with van der Waals surface area (Å²) in [7, 11) is 0. The topological polar surface area (TPSA) is 17.1 Å². The van der Waals surface area contributed by atoms with E-state index in [0.29, 0.717) is 0 Å². The molecule has 0 heterocycles. The zero-order chi connectivity index (χ0) is 8.53. The third-order valence-corrected chi connectivity index (χ3v) is 1.83. The van der Waals surface area contributed by atoms with Gasteiger partial charge in [0.25, 0.3) is 0 Å². The minimum Gasteiger partial charge on any atom is -0.303 e. The third-order valence-electron chi connectivity index (χ3n) is 1.65. The van der Waals surface area contributed by atoms with Crippen molar-refractivity contribution >= 4 is 17.9 Å². The Kier molecular flexibility index (Phi) is 7.59. The van der Waals surface area contributed by atoms with Crippen LogP contribution < -0.4 is 0 Å². The fourth-order valence-electron chi connectivity index (χ4n) is 0.934. The number of hydrogen-bond donors (Lipinski definition) is 0. The monoisotopic (exact) mass is 174 g/mol. The van der Waals surface area contributed by atoms with E-state index >= 15 is 0 Å². The molecular formula is C9H15ClO. The molecule has 0 aromatic carbocycles. The Labute approximate surface area is 73.4 Å². The maximum Gasteiger partial charge on any atom is 0.123 e. The van der Waals surface area contributed by atoms with Crippen molar-refractivity contribution in [2.75, 3.05) is 0 Å². The highest BCUT2D eigenvalue weighted by Gasteiger charge is 2.02. The average molecular weight is 175 g/mol. The summed E-state index contributed by atoms with van der Waals surface area (Å²) in [5.41, 5.74) is 1.47. The molecule has 0 saturated heterocycles. The van der Waals surface area contributed by atoms with Gasteiger partial charge in [0.05, 0.1) is 0 Å². The first kappa shape index (κ1) is 10.7. The third kappa shape index (κ3) is 6.11. The number of hydrogen-bond acceptors (Lipinski definition) is 1. The number of unbranched alkanes of at least 4 members (excludes halogenated alkanes) is 1. The van der Waals surface area contributed by atoms with Crippen molar-refractivity contribution in [3.63, 3.8) is 0 Å². The molecule has 0 aliphatic carbocycles. The Hall–Kier alpha value is -0.300. The number of allylic oxidation sites excluding steroid dienone is 1. The van der Waals surface area contributed by atoms with Crippen molar-refractivity contribution in [1.82, 2.24) is 0 Å². The minimum atomic E-state index is 0.171.